The molecule has 146 valence electrons. The number of nitrogens with two attached hydrogens (primary N) is 1. The summed E-state index contributed by atoms with van der Waals surface area (Å²) in [7, 11) is 0. The molecular formula is C21H15F3N4O. The molecule has 2 N–H and O–H groups in total. The predicted octanol–water partition coefficient (Wildman–Crippen LogP) is 4.94. The van der Waals surface area contributed by atoms with Crippen LogP contribution < -0.4 is 5.73 Å². The molecule has 0 amide bonds. The van der Waals surface area contributed by atoms with Crippen molar-refractivity contribution in [2.75, 3.05) is 0 Å². The van der Waals surface area contributed by atoms with E-state index in [0.29, 0.717) is 35.1 Å². The normalized spacial score (nSPS) is 11.6. The number of alkyl halides is 3. The van der Waals surface area contributed by atoms with Crippen LogP contribution in [0, 0.1) is 0 Å². The van der Waals surface area contributed by atoms with Gasteiger partial charge in [-0.2, -0.15) is 18.2 Å². The van der Waals surface area contributed by atoms with Crippen LogP contribution in [0.3, 0.4) is 0 Å². The fourth-order valence-corrected chi connectivity index (χ4v) is 2.80. The third-order valence-electron chi connectivity index (χ3n) is 4.39. The Morgan fingerprint density at radius 2 is 1.55 bits per heavy atom. The zero-order chi connectivity index (χ0) is 20.4. The van der Waals surface area contributed by atoms with Crippen molar-refractivity contribution in [3.05, 3.63) is 78.0 Å². The van der Waals surface area contributed by atoms with Crippen LogP contribution >= 0.6 is 0 Å². The SMILES string of the molecule is NCc1ccc(-c2nc(-c3ccnc(-c4ccc(C(F)(F)F)cc4)c3)no2)cc1. The summed E-state index contributed by atoms with van der Waals surface area (Å²) in [4.78, 5) is 8.63. The van der Waals surface area contributed by atoms with Gasteiger partial charge >= 0.3 is 6.18 Å². The molecule has 0 saturated heterocycles. The Morgan fingerprint density at radius 3 is 2.21 bits per heavy atom. The molecule has 2 aromatic heterocycles. The van der Waals surface area contributed by atoms with Crippen LogP contribution in [0.2, 0.25) is 0 Å². The molecule has 5 nitrogen and oxygen atoms in total. The highest BCUT2D eigenvalue weighted by Gasteiger charge is 2.30. The molecule has 0 aliphatic carbocycles. The van der Waals surface area contributed by atoms with Gasteiger partial charge in [-0.15, -0.1) is 0 Å². The average molecular weight is 396 g/mol. The van der Waals surface area contributed by atoms with Crippen LogP contribution in [-0.2, 0) is 12.7 Å². The van der Waals surface area contributed by atoms with Gasteiger partial charge in [0.2, 0.25) is 5.82 Å². The smallest absolute Gasteiger partial charge is 0.334 e. The van der Waals surface area contributed by atoms with E-state index < -0.39 is 11.7 Å². The molecule has 0 radical (unpaired) electrons. The lowest BCUT2D eigenvalue weighted by Gasteiger charge is -2.07. The number of rotatable bonds is 4. The summed E-state index contributed by atoms with van der Waals surface area (Å²) in [6, 6.07) is 15.7. The lowest BCUT2D eigenvalue weighted by atomic mass is 10.1. The Bertz CT molecular complexity index is 1120. The predicted molar refractivity (Wildman–Crippen MR) is 101 cm³/mol. The number of nitrogens with zero attached hydrogens (tertiary/aromatic N) is 3. The molecule has 0 spiro atoms. The first kappa shape index (κ1) is 18.8. The quantitative estimate of drug-likeness (QED) is 0.528. The molecule has 0 saturated carbocycles. The van der Waals surface area contributed by atoms with Gasteiger partial charge < -0.3 is 10.3 Å². The minimum absolute atomic E-state index is 0.358. The van der Waals surface area contributed by atoms with E-state index >= 15 is 0 Å². The third kappa shape index (κ3) is 4.02. The standard InChI is InChI=1S/C21H15F3N4O/c22-21(23,24)17-7-5-14(6-8-17)18-11-16(9-10-26-18)19-27-20(29-28-19)15-3-1-13(12-25)2-4-15/h1-11H,12,25H2. The van der Waals surface area contributed by atoms with Crippen LogP contribution in [0.25, 0.3) is 34.1 Å². The van der Waals surface area contributed by atoms with Crippen molar-refractivity contribution in [1.29, 1.82) is 0 Å². The summed E-state index contributed by atoms with van der Waals surface area (Å²) in [6.07, 6.45) is -2.83. The van der Waals surface area contributed by atoms with Gasteiger partial charge in [-0.1, -0.05) is 29.4 Å². The Labute approximate surface area is 164 Å². The fraction of sp³-hybridized carbons (Fsp3) is 0.0952. The first-order chi connectivity index (χ1) is 13.9. The summed E-state index contributed by atoms with van der Waals surface area (Å²) >= 11 is 0. The molecule has 0 aliphatic heterocycles. The second-order valence-electron chi connectivity index (χ2n) is 6.33. The van der Waals surface area contributed by atoms with Gasteiger partial charge in [-0.05, 0) is 42.0 Å². The molecule has 4 rings (SSSR count). The maximum Gasteiger partial charge on any atom is 0.416 e. The lowest BCUT2D eigenvalue weighted by Crippen LogP contribution is -2.04. The summed E-state index contributed by atoms with van der Waals surface area (Å²) < 4.78 is 43.6. The van der Waals surface area contributed by atoms with Crippen molar-refractivity contribution in [2.45, 2.75) is 12.7 Å². The minimum Gasteiger partial charge on any atom is -0.334 e. The molecule has 29 heavy (non-hydrogen) atoms. The van der Waals surface area contributed by atoms with Gasteiger partial charge in [0.05, 0.1) is 11.3 Å². The number of halogens is 3. The second kappa shape index (κ2) is 7.48. The van der Waals surface area contributed by atoms with E-state index in [1.807, 2.05) is 24.3 Å². The number of aromatic nitrogens is 3. The molecule has 0 bridgehead atoms. The lowest BCUT2D eigenvalue weighted by molar-refractivity contribution is -0.137. The largest absolute Gasteiger partial charge is 0.416 e. The average Bonchev–Trinajstić information content (AvgIpc) is 3.24. The van der Waals surface area contributed by atoms with Gasteiger partial charge in [0.15, 0.2) is 0 Å². The van der Waals surface area contributed by atoms with E-state index in [2.05, 4.69) is 15.1 Å². The Balaban J connectivity index is 1.61. The first-order valence-electron chi connectivity index (χ1n) is 8.71. The van der Waals surface area contributed by atoms with E-state index in [1.165, 1.54) is 12.1 Å². The van der Waals surface area contributed by atoms with E-state index in [4.69, 9.17) is 10.3 Å². The van der Waals surface area contributed by atoms with E-state index in [-0.39, 0.29) is 0 Å². The summed E-state index contributed by atoms with van der Waals surface area (Å²) in [6.45, 7) is 0.444. The third-order valence-corrected chi connectivity index (χ3v) is 4.39. The molecule has 0 fully saturated rings. The maximum atomic E-state index is 12.7. The molecule has 0 unspecified atom stereocenters. The van der Waals surface area contributed by atoms with Crippen LogP contribution in [0.5, 0.6) is 0 Å². The number of benzene rings is 2. The Morgan fingerprint density at radius 1 is 0.862 bits per heavy atom. The van der Waals surface area contributed by atoms with Gasteiger partial charge in [-0.25, -0.2) is 0 Å². The highest BCUT2D eigenvalue weighted by atomic mass is 19.4. The zero-order valence-electron chi connectivity index (χ0n) is 15.0. The number of hydrogen-bond donors (Lipinski definition) is 1. The van der Waals surface area contributed by atoms with Crippen molar-refractivity contribution in [2.24, 2.45) is 5.73 Å². The molecule has 0 aliphatic rings. The molecule has 4 aromatic rings. The van der Waals surface area contributed by atoms with Gasteiger partial charge in [-0.3, -0.25) is 4.98 Å². The first-order valence-corrected chi connectivity index (χ1v) is 8.71. The maximum absolute atomic E-state index is 12.7. The van der Waals surface area contributed by atoms with Gasteiger partial charge in [0, 0.05) is 29.4 Å². The molecular weight excluding hydrogens is 381 g/mol. The van der Waals surface area contributed by atoms with Crippen molar-refractivity contribution in [1.82, 2.24) is 15.1 Å². The van der Waals surface area contributed by atoms with E-state index in [1.54, 1.807) is 18.3 Å². The molecule has 2 aromatic carbocycles. The second-order valence-corrected chi connectivity index (χ2v) is 6.33. The molecule has 8 heteroatoms. The Kier molecular flexibility index (Phi) is 4.85. The van der Waals surface area contributed by atoms with Crippen LogP contribution in [0.15, 0.2) is 71.4 Å². The summed E-state index contributed by atoms with van der Waals surface area (Å²) in [5.74, 6) is 0.718. The zero-order valence-corrected chi connectivity index (χ0v) is 15.0. The van der Waals surface area contributed by atoms with Crippen molar-refractivity contribution < 1.29 is 17.7 Å². The number of pyridine rings is 1. The van der Waals surface area contributed by atoms with E-state index in [9.17, 15) is 13.2 Å². The topological polar surface area (TPSA) is 77.8 Å². The van der Waals surface area contributed by atoms with Crippen LogP contribution in [-0.4, -0.2) is 15.1 Å². The van der Waals surface area contributed by atoms with Gasteiger partial charge in [0.1, 0.15) is 0 Å². The van der Waals surface area contributed by atoms with Gasteiger partial charge in [0.25, 0.3) is 5.89 Å². The minimum atomic E-state index is -4.38. The van der Waals surface area contributed by atoms with E-state index in [0.717, 1.165) is 23.3 Å². The van der Waals surface area contributed by atoms with Crippen molar-refractivity contribution >= 4 is 0 Å². The highest BCUT2D eigenvalue weighted by Crippen LogP contribution is 2.31. The fourth-order valence-electron chi connectivity index (χ4n) is 2.80. The summed E-state index contributed by atoms with van der Waals surface area (Å²) in [5.41, 5.74) is 8.35. The molecule has 2 heterocycles. The molecule has 0 atom stereocenters. The Hall–Kier alpha value is -3.52. The summed E-state index contributed by atoms with van der Waals surface area (Å²) in [5, 5.41) is 4.00. The van der Waals surface area contributed by atoms with Crippen molar-refractivity contribution in [3.8, 4) is 34.1 Å². The number of hydrogen-bond acceptors (Lipinski definition) is 5. The highest BCUT2D eigenvalue weighted by molar-refractivity contribution is 5.67. The monoisotopic (exact) mass is 396 g/mol. The van der Waals surface area contributed by atoms with Crippen LogP contribution in [0.4, 0.5) is 13.2 Å². The van der Waals surface area contributed by atoms with Crippen molar-refractivity contribution in [3.63, 3.8) is 0 Å². The van der Waals surface area contributed by atoms with Crippen LogP contribution in [0.1, 0.15) is 11.1 Å².